The second kappa shape index (κ2) is 9.98. The Hall–Kier alpha value is -2.32. The predicted molar refractivity (Wildman–Crippen MR) is 103 cm³/mol. The van der Waals surface area contributed by atoms with E-state index in [1.54, 1.807) is 30.7 Å². The average molecular weight is 398 g/mol. The summed E-state index contributed by atoms with van der Waals surface area (Å²) in [6.07, 6.45) is 1.74. The van der Waals surface area contributed by atoms with E-state index in [0.29, 0.717) is 40.6 Å². The molecule has 26 heavy (non-hydrogen) atoms. The van der Waals surface area contributed by atoms with Crippen LogP contribution in [0.25, 0.3) is 0 Å². The van der Waals surface area contributed by atoms with Gasteiger partial charge in [-0.05, 0) is 31.5 Å². The molecule has 0 atom stereocenters. The Morgan fingerprint density at radius 1 is 1.38 bits per heavy atom. The van der Waals surface area contributed by atoms with Crippen LogP contribution in [0.2, 0.25) is 5.02 Å². The van der Waals surface area contributed by atoms with Crippen molar-refractivity contribution in [2.75, 3.05) is 25.7 Å². The molecule has 0 saturated heterocycles. The summed E-state index contributed by atoms with van der Waals surface area (Å²) in [4.78, 5) is 15.7. The van der Waals surface area contributed by atoms with Crippen LogP contribution in [-0.4, -0.2) is 37.5 Å². The van der Waals surface area contributed by atoms with Crippen LogP contribution in [0.5, 0.6) is 11.5 Å². The van der Waals surface area contributed by atoms with Gasteiger partial charge in [-0.2, -0.15) is 5.10 Å². The molecule has 0 spiro atoms. The van der Waals surface area contributed by atoms with Gasteiger partial charge in [-0.15, -0.1) is 11.3 Å². The maximum Gasteiger partial charge on any atom is 0.311 e. The Morgan fingerprint density at radius 3 is 2.88 bits per heavy atom. The molecular formula is C17H20ClN3O4S. The summed E-state index contributed by atoms with van der Waals surface area (Å²) >= 11 is 7.55. The number of carbonyl (C=O) groups excluding carboxylic acids is 1. The van der Waals surface area contributed by atoms with Gasteiger partial charge >= 0.3 is 5.97 Å². The van der Waals surface area contributed by atoms with E-state index in [1.165, 1.54) is 18.4 Å². The lowest BCUT2D eigenvalue weighted by atomic mass is 10.2. The topological polar surface area (TPSA) is 82.0 Å². The maximum absolute atomic E-state index is 11.4. The van der Waals surface area contributed by atoms with Crippen molar-refractivity contribution >= 4 is 40.3 Å². The van der Waals surface area contributed by atoms with Gasteiger partial charge in [-0.3, -0.25) is 10.2 Å². The number of nitrogens with one attached hydrogen (secondary N) is 1. The number of carbonyl (C=O) groups is 1. The van der Waals surface area contributed by atoms with Gasteiger partial charge in [0.25, 0.3) is 0 Å². The molecule has 140 valence electrons. The number of thiazole rings is 1. The highest BCUT2D eigenvalue weighted by atomic mass is 35.5. The molecule has 7 nitrogen and oxygen atoms in total. The van der Waals surface area contributed by atoms with E-state index in [4.69, 9.17) is 25.8 Å². The lowest BCUT2D eigenvalue weighted by Crippen LogP contribution is -2.07. The van der Waals surface area contributed by atoms with Gasteiger partial charge in [-0.25, -0.2) is 4.98 Å². The SMILES string of the molecule is CCOC(=O)Cc1csc(N/N=C\c2cc(Cl)c(OC)c(OCC)c2)n1. The van der Waals surface area contributed by atoms with E-state index in [-0.39, 0.29) is 12.4 Å². The molecule has 2 aromatic rings. The van der Waals surface area contributed by atoms with Gasteiger partial charge in [0.05, 0.1) is 43.7 Å². The summed E-state index contributed by atoms with van der Waals surface area (Å²) in [5.41, 5.74) is 4.21. The van der Waals surface area contributed by atoms with Crippen LogP contribution in [0.15, 0.2) is 22.6 Å². The number of benzene rings is 1. The second-order valence-electron chi connectivity index (χ2n) is 4.96. The number of hydrogen-bond acceptors (Lipinski definition) is 8. The molecule has 1 aromatic carbocycles. The molecule has 0 bridgehead atoms. The number of methoxy groups -OCH3 is 1. The van der Waals surface area contributed by atoms with E-state index < -0.39 is 0 Å². The number of ether oxygens (including phenoxy) is 3. The van der Waals surface area contributed by atoms with Crippen molar-refractivity contribution in [3.63, 3.8) is 0 Å². The molecule has 1 N–H and O–H groups in total. The Bertz CT molecular complexity index is 779. The zero-order valence-corrected chi connectivity index (χ0v) is 16.3. The minimum Gasteiger partial charge on any atom is -0.491 e. The van der Waals surface area contributed by atoms with Crippen molar-refractivity contribution in [1.82, 2.24) is 4.98 Å². The van der Waals surface area contributed by atoms with Gasteiger partial charge in [0.15, 0.2) is 11.5 Å². The number of hydrogen-bond donors (Lipinski definition) is 1. The normalized spacial score (nSPS) is 10.8. The molecule has 1 heterocycles. The second-order valence-corrected chi connectivity index (χ2v) is 6.23. The van der Waals surface area contributed by atoms with Crippen LogP contribution in [0, 0.1) is 0 Å². The van der Waals surface area contributed by atoms with Crippen molar-refractivity contribution in [3.8, 4) is 11.5 Å². The molecule has 0 amide bonds. The van der Waals surface area contributed by atoms with Gasteiger partial charge in [0, 0.05) is 5.38 Å². The van der Waals surface area contributed by atoms with Crippen LogP contribution >= 0.6 is 22.9 Å². The minimum absolute atomic E-state index is 0.140. The first-order valence-electron chi connectivity index (χ1n) is 7.96. The van der Waals surface area contributed by atoms with Crippen LogP contribution in [0.3, 0.4) is 0 Å². The van der Waals surface area contributed by atoms with Gasteiger partial charge in [0.2, 0.25) is 5.13 Å². The number of anilines is 1. The van der Waals surface area contributed by atoms with Crippen LogP contribution in [0.4, 0.5) is 5.13 Å². The summed E-state index contributed by atoms with van der Waals surface area (Å²) in [5.74, 6) is 0.737. The standard InChI is InChI=1S/C17H20ClN3O4S/c1-4-24-14-7-11(6-13(18)16(14)23-3)9-19-21-17-20-12(10-26-17)8-15(22)25-5-2/h6-7,9-10H,4-5,8H2,1-3H3,(H,20,21)/b19-9-. The number of nitrogens with zero attached hydrogens (tertiary/aromatic N) is 2. The summed E-state index contributed by atoms with van der Waals surface area (Å²) in [6.45, 7) is 4.50. The number of hydrazone groups is 1. The molecule has 0 saturated carbocycles. The molecule has 2 rings (SSSR count). The fourth-order valence-corrected chi connectivity index (χ4v) is 3.04. The summed E-state index contributed by atoms with van der Waals surface area (Å²) in [7, 11) is 1.54. The first-order valence-corrected chi connectivity index (χ1v) is 9.22. The molecule has 9 heteroatoms. The average Bonchev–Trinajstić information content (AvgIpc) is 3.02. The minimum atomic E-state index is -0.302. The molecule has 0 aliphatic rings. The van der Waals surface area contributed by atoms with Crippen molar-refractivity contribution in [1.29, 1.82) is 0 Å². The summed E-state index contributed by atoms with van der Waals surface area (Å²) in [5, 5.41) is 6.93. The van der Waals surface area contributed by atoms with E-state index in [1.807, 2.05) is 6.92 Å². The van der Waals surface area contributed by atoms with Gasteiger partial charge in [0.1, 0.15) is 0 Å². The Labute approximate surface area is 160 Å². The highest BCUT2D eigenvalue weighted by Gasteiger charge is 2.11. The van der Waals surface area contributed by atoms with Crippen molar-refractivity contribution in [2.24, 2.45) is 5.10 Å². The highest BCUT2D eigenvalue weighted by Crippen LogP contribution is 2.35. The fourth-order valence-electron chi connectivity index (χ4n) is 2.08. The number of aromatic nitrogens is 1. The summed E-state index contributed by atoms with van der Waals surface area (Å²) < 4.78 is 15.7. The first-order chi connectivity index (χ1) is 12.6. The Morgan fingerprint density at radius 2 is 2.19 bits per heavy atom. The van der Waals surface area contributed by atoms with E-state index in [2.05, 4.69) is 15.5 Å². The smallest absolute Gasteiger partial charge is 0.311 e. The maximum atomic E-state index is 11.4. The van der Waals surface area contributed by atoms with E-state index in [9.17, 15) is 4.79 Å². The summed E-state index contributed by atoms with van der Waals surface area (Å²) in [6, 6.07) is 3.51. The first kappa shape index (κ1) is 20.0. The lowest BCUT2D eigenvalue weighted by Gasteiger charge is -2.11. The molecule has 1 aromatic heterocycles. The largest absolute Gasteiger partial charge is 0.491 e. The van der Waals surface area contributed by atoms with Crippen molar-refractivity contribution < 1.29 is 19.0 Å². The van der Waals surface area contributed by atoms with Crippen molar-refractivity contribution in [2.45, 2.75) is 20.3 Å². The third-order valence-corrected chi connectivity index (χ3v) is 4.17. The zero-order chi connectivity index (χ0) is 18.9. The quantitative estimate of drug-likeness (QED) is 0.394. The molecule has 0 fully saturated rings. The third kappa shape index (κ3) is 5.60. The van der Waals surface area contributed by atoms with Gasteiger partial charge in [-0.1, -0.05) is 11.6 Å². The highest BCUT2D eigenvalue weighted by molar-refractivity contribution is 7.13. The van der Waals surface area contributed by atoms with E-state index >= 15 is 0 Å². The molecule has 0 unspecified atom stereocenters. The predicted octanol–water partition coefficient (Wildman–Crippen LogP) is 3.76. The molecular weight excluding hydrogens is 378 g/mol. The van der Waals surface area contributed by atoms with E-state index in [0.717, 1.165) is 5.56 Å². The third-order valence-electron chi connectivity index (χ3n) is 3.09. The van der Waals surface area contributed by atoms with Crippen molar-refractivity contribution in [3.05, 3.63) is 33.8 Å². The Kier molecular flexibility index (Phi) is 7.68. The van der Waals surface area contributed by atoms with Crippen LogP contribution < -0.4 is 14.9 Å². The van der Waals surface area contributed by atoms with Gasteiger partial charge < -0.3 is 14.2 Å². The lowest BCUT2D eigenvalue weighted by molar-refractivity contribution is -0.142. The fraction of sp³-hybridized carbons (Fsp3) is 0.353. The molecule has 0 aliphatic carbocycles. The molecule has 0 radical (unpaired) electrons. The van der Waals surface area contributed by atoms with Crippen LogP contribution in [0.1, 0.15) is 25.1 Å². The monoisotopic (exact) mass is 397 g/mol. The number of halogens is 1. The number of esters is 1. The number of rotatable bonds is 9. The zero-order valence-electron chi connectivity index (χ0n) is 14.7. The Balaban J connectivity index is 2.02. The molecule has 0 aliphatic heterocycles. The van der Waals surface area contributed by atoms with Crippen LogP contribution in [-0.2, 0) is 16.0 Å².